The summed E-state index contributed by atoms with van der Waals surface area (Å²) in [5.41, 5.74) is 34.1. The zero-order valence-electron chi connectivity index (χ0n) is 37.9. The minimum Gasteiger partial charge on any atom is -0.375 e. The number of aromatic nitrogens is 4. The monoisotopic (exact) mass is 874 g/mol. The summed E-state index contributed by atoms with van der Waals surface area (Å²) >= 11 is 0. The van der Waals surface area contributed by atoms with Crippen molar-refractivity contribution in [2.24, 2.45) is 0 Å². The van der Waals surface area contributed by atoms with E-state index in [-0.39, 0.29) is 13.7 Å². The van der Waals surface area contributed by atoms with Crippen LogP contribution >= 0.6 is 0 Å². The van der Waals surface area contributed by atoms with Gasteiger partial charge in [-0.1, -0.05) is 121 Å². The molecule has 8 aromatic carbocycles. The molecule has 0 unspecified atom stereocenters. The Morgan fingerprint density at radius 2 is 0.855 bits per heavy atom. The maximum absolute atomic E-state index is 5.24. The molecule has 0 radical (unpaired) electrons. The van der Waals surface area contributed by atoms with Crippen molar-refractivity contribution in [2.75, 3.05) is 9.80 Å². The number of anilines is 6. The highest BCUT2D eigenvalue weighted by Crippen LogP contribution is 2.56. The normalized spacial score (nSPS) is 14.2. The lowest BCUT2D eigenvalue weighted by atomic mass is 9.43. The van der Waals surface area contributed by atoms with Crippen LogP contribution in [0.15, 0.2) is 164 Å². The third kappa shape index (κ3) is 3.85. The zero-order chi connectivity index (χ0) is 44.9. The zero-order valence-corrected chi connectivity index (χ0v) is 37.9. The van der Waals surface area contributed by atoms with Gasteiger partial charge in [0.15, 0.2) is 0 Å². The van der Waals surface area contributed by atoms with Crippen LogP contribution in [-0.2, 0) is 0 Å². The van der Waals surface area contributed by atoms with Crippen LogP contribution in [0, 0.1) is 20.8 Å². The van der Waals surface area contributed by atoms with Crippen molar-refractivity contribution >= 4 is 113 Å². The highest BCUT2D eigenvalue weighted by Gasteiger charge is 2.50. The van der Waals surface area contributed by atoms with Crippen LogP contribution in [0.1, 0.15) is 16.7 Å². The summed E-state index contributed by atoms with van der Waals surface area (Å²) in [6.07, 6.45) is 8.52. The number of para-hydroxylation sites is 3. The standard InChI is InChI=1S/C61H36B2N6/c1-31-25-32(2)57(33(3)26-31)67-48-20-9-13-37-38-14-7-15-39-43-24-22-36(52-46-28-65-30-50(67)56(46)62(53(37)48)68(58(38)39)61(43)52)35-21-23-42-40-16-8-17-41-45-27-64-29-49-55(45)63-54-44(51(35)60(42)69(63)59(40)41)18-10-19-47(54)66(49)34-11-5-4-6-12-34/h4-30H,1-3H3. The molecule has 0 saturated heterocycles. The average Bonchev–Trinajstić information content (AvgIpc) is 3.90. The van der Waals surface area contributed by atoms with Crippen molar-refractivity contribution in [1.82, 2.24) is 18.9 Å². The fourth-order valence-corrected chi connectivity index (χ4v) is 14.8. The second-order valence-electron chi connectivity index (χ2n) is 20.2. The Hall–Kier alpha value is -8.61. The molecule has 10 heterocycles. The number of hydrogen-bond donors (Lipinski definition) is 0. The number of benzene rings is 8. The molecule has 0 aliphatic carbocycles. The van der Waals surface area contributed by atoms with Crippen LogP contribution in [0.3, 0.4) is 0 Å². The van der Waals surface area contributed by atoms with E-state index in [0.29, 0.717) is 0 Å². The quantitative estimate of drug-likeness (QED) is 0.166. The second-order valence-corrected chi connectivity index (χ2v) is 20.2. The number of nitrogens with zero attached hydrogens (tertiary/aromatic N) is 6. The number of rotatable bonds is 3. The maximum Gasteiger partial charge on any atom is 0.333 e. The predicted molar refractivity (Wildman–Crippen MR) is 287 cm³/mol. The third-order valence-electron chi connectivity index (χ3n) is 16.9. The fourth-order valence-electron chi connectivity index (χ4n) is 14.8. The molecule has 6 aliphatic rings. The molecule has 4 aromatic heterocycles. The highest BCUT2D eigenvalue weighted by atomic mass is 15.2. The van der Waals surface area contributed by atoms with E-state index in [1.807, 2.05) is 0 Å². The van der Waals surface area contributed by atoms with E-state index < -0.39 is 0 Å². The van der Waals surface area contributed by atoms with E-state index in [1.165, 1.54) is 155 Å². The SMILES string of the molecule is Cc1cc(C)c(N2c3cccc4c3B3c5c(cncc52)-c2c(-c5ccc6c7cccc8c7n7c6c5-c5cccc6c5B7c5c-8cncc5N6c5ccccc5)ccc5c6cccc-4c6n3c25)c(C)c1. The first-order valence-electron chi connectivity index (χ1n) is 24.2. The first kappa shape index (κ1) is 35.6. The van der Waals surface area contributed by atoms with Gasteiger partial charge >= 0.3 is 13.7 Å². The van der Waals surface area contributed by atoms with Gasteiger partial charge in [-0.3, -0.25) is 9.97 Å². The van der Waals surface area contributed by atoms with Crippen molar-refractivity contribution < 1.29 is 0 Å². The molecule has 0 saturated carbocycles. The summed E-state index contributed by atoms with van der Waals surface area (Å²) in [4.78, 5) is 15.2. The Labute approximate surface area is 397 Å². The summed E-state index contributed by atoms with van der Waals surface area (Å²) in [5, 5.41) is 5.18. The van der Waals surface area contributed by atoms with E-state index in [0.717, 1.165) is 17.1 Å². The summed E-state index contributed by atoms with van der Waals surface area (Å²) in [7, 11) is 0. The molecule has 0 N–H and O–H groups in total. The van der Waals surface area contributed by atoms with Gasteiger partial charge in [-0.05, 0) is 100 Å². The van der Waals surface area contributed by atoms with Gasteiger partial charge in [0, 0.05) is 106 Å². The maximum atomic E-state index is 5.24. The molecule has 18 rings (SSSR count). The summed E-state index contributed by atoms with van der Waals surface area (Å²) in [6, 6.07) is 53.1. The van der Waals surface area contributed by atoms with Crippen molar-refractivity contribution in [2.45, 2.75) is 20.8 Å². The molecule has 12 aromatic rings. The predicted octanol–water partition coefficient (Wildman–Crippen LogP) is 12.1. The highest BCUT2D eigenvalue weighted by molar-refractivity contribution is 6.92. The Bertz CT molecular complexity index is 4480. The number of fused-ring (bicyclic) bond motifs is 6. The van der Waals surface area contributed by atoms with Crippen LogP contribution in [-0.4, -0.2) is 32.6 Å². The molecule has 69 heavy (non-hydrogen) atoms. The Balaban J connectivity index is 1.01. The largest absolute Gasteiger partial charge is 0.375 e. The lowest BCUT2D eigenvalue weighted by Gasteiger charge is -2.44. The van der Waals surface area contributed by atoms with Crippen LogP contribution in [0.2, 0.25) is 0 Å². The van der Waals surface area contributed by atoms with E-state index in [4.69, 9.17) is 9.97 Å². The van der Waals surface area contributed by atoms with Gasteiger partial charge in [-0.25, -0.2) is 0 Å². The molecule has 0 fully saturated rings. The van der Waals surface area contributed by atoms with Crippen LogP contribution in [0.4, 0.5) is 34.1 Å². The number of hydrogen-bond acceptors (Lipinski definition) is 4. The van der Waals surface area contributed by atoms with Gasteiger partial charge in [-0.15, -0.1) is 0 Å². The lowest BCUT2D eigenvalue weighted by Crippen LogP contribution is -2.58. The van der Waals surface area contributed by atoms with Gasteiger partial charge in [0.2, 0.25) is 0 Å². The molecule has 0 atom stereocenters. The first-order valence-corrected chi connectivity index (χ1v) is 24.2. The molecule has 316 valence electrons. The summed E-state index contributed by atoms with van der Waals surface area (Å²) in [5.74, 6) is 0. The van der Waals surface area contributed by atoms with Crippen molar-refractivity contribution in [3.63, 3.8) is 0 Å². The van der Waals surface area contributed by atoms with Crippen molar-refractivity contribution in [3.8, 4) is 55.6 Å². The van der Waals surface area contributed by atoms with E-state index in [1.54, 1.807) is 0 Å². The Kier molecular flexibility index (Phi) is 6.05. The van der Waals surface area contributed by atoms with Gasteiger partial charge in [0.25, 0.3) is 0 Å². The average molecular weight is 875 g/mol. The van der Waals surface area contributed by atoms with Gasteiger partial charge in [0.05, 0.1) is 29.5 Å². The molecule has 6 aliphatic heterocycles. The minimum atomic E-state index is -0.00145. The molecule has 0 spiro atoms. The fraction of sp³-hybridized carbons (Fsp3) is 0.0492. The Morgan fingerprint density at radius 1 is 0.362 bits per heavy atom. The number of aryl methyl sites for hydroxylation is 3. The van der Waals surface area contributed by atoms with E-state index in [2.05, 4.69) is 204 Å². The van der Waals surface area contributed by atoms with Gasteiger partial charge < -0.3 is 18.8 Å². The number of pyridine rings is 2. The molecular formula is C61H36B2N6. The third-order valence-corrected chi connectivity index (χ3v) is 16.9. The van der Waals surface area contributed by atoms with E-state index in [9.17, 15) is 0 Å². The van der Waals surface area contributed by atoms with Crippen molar-refractivity contribution in [3.05, 3.63) is 181 Å². The lowest BCUT2D eigenvalue weighted by molar-refractivity contribution is 1.17. The van der Waals surface area contributed by atoms with Crippen LogP contribution in [0.25, 0.3) is 99.2 Å². The molecule has 0 bridgehead atoms. The smallest absolute Gasteiger partial charge is 0.333 e. The summed E-state index contributed by atoms with van der Waals surface area (Å²) in [6.45, 7) is 6.75. The summed E-state index contributed by atoms with van der Waals surface area (Å²) < 4.78 is 5.45. The van der Waals surface area contributed by atoms with Crippen LogP contribution < -0.4 is 31.7 Å². The molecule has 0 amide bonds. The van der Waals surface area contributed by atoms with Crippen molar-refractivity contribution in [1.29, 1.82) is 0 Å². The first-order chi connectivity index (χ1) is 34.0. The molecule has 6 nitrogen and oxygen atoms in total. The van der Waals surface area contributed by atoms with Gasteiger partial charge in [0.1, 0.15) is 0 Å². The van der Waals surface area contributed by atoms with Crippen LogP contribution in [0.5, 0.6) is 0 Å². The van der Waals surface area contributed by atoms with Gasteiger partial charge in [-0.2, -0.15) is 0 Å². The molecular weight excluding hydrogens is 838 g/mol. The van der Waals surface area contributed by atoms with E-state index >= 15 is 0 Å². The molecule has 8 heteroatoms. The second kappa shape index (κ2) is 11.7. The minimum absolute atomic E-state index is 0.00138. The topological polar surface area (TPSA) is 42.1 Å². The Morgan fingerprint density at radius 3 is 1.52 bits per heavy atom.